The van der Waals surface area contributed by atoms with Crippen LogP contribution in [0.2, 0.25) is 0 Å². The lowest BCUT2D eigenvalue weighted by atomic mass is 9.93. The molecular formula is C24H37N3O6. The van der Waals surface area contributed by atoms with Crippen LogP contribution in [0.4, 0.5) is 5.69 Å². The van der Waals surface area contributed by atoms with E-state index in [4.69, 9.17) is 18.9 Å². The number of carbonyl (C=O) groups excluding carboxylic acids is 1. The van der Waals surface area contributed by atoms with Gasteiger partial charge in [-0.2, -0.15) is 0 Å². The normalized spacial score (nSPS) is 23.8. The summed E-state index contributed by atoms with van der Waals surface area (Å²) in [4.78, 5) is 15.4. The molecule has 3 aliphatic heterocycles. The molecule has 184 valence electrons. The van der Waals surface area contributed by atoms with Gasteiger partial charge in [0.15, 0.2) is 17.8 Å². The molecule has 2 atom stereocenters. The van der Waals surface area contributed by atoms with Crippen molar-refractivity contribution in [2.45, 2.75) is 45.0 Å². The number of β-amino-alcohol motifs (C(OH)–C–C–N with tert-alkyl or cyclic N) is 1. The third-order valence-corrected chi connectivity index (χ3v) is 6.37. The molecule has 0 bridgehead atoms. The molecule has 0 spiro atoms. The van der Waals surface area contributed by atoms with E-state index in [1.807, 2.05) is 12.1 Å². The lowest BCUT2D eigenvalue weighted by Crippen LogP contribution is -2.48. The number of rotatable bonds is 9. The van der Waals surface area contributed by atoms with Gasteiger partial charge in [0.1, 0.15) is 0 Å². The van der Waals surface area contributed by atoms with Crippen molar-refractivity contribution >= 4 is 11.6 Å². The summed E-state index contributed by atoms with van der Waals surface area (Å²) in [5, 5.41) is 17.0. The third kappa shape index (κ3) is 6.50. The van der Waals surface area contributed by atoms with Crippen LogP contribution in [0.25, 0.3) is 0 Å². The molecule has 1 aromatic carbocycles. The van der Waals surface area contributed by atoms with Crippen LogP contribution in [-0.4, -0.2) is 87.5 Å². The van der Waals surface area contributed by atoms with Gasteiger partial charge in [-0.05, 0) is 25.5 Å². The summed E-state index contributed by atoms with van der Waals surface area (Å²) in [6.07, 6.45) is 2.78. The second-order valence-corrected chi connectivity index (χ2v) is 8.91. The maximum absolute atomic E-state index is 13.1. The number of benzene rings is 1. The molecule has 0 aromatic heterocycles. The maximum Gasteiger partial charge on any atom is 0.255 e. The fraction of sp³-hybridized carbons (Fsp3) is 0.708. The molecule has 2 fully saturated rings. The average Bonchev–Trinajstić information content (AvgIpc) is 3.23. The molecule has 0 saturated carbocycles. The zero-order valence-electron chi connectivity index (χ0n) is 19.5. The van der Waals surface area contributed by atoms with Crippen molar-refractivity contribution in [1.82, 2.24) is 10.2 Å². The molecule has 9 heteroatoms. The largest absolute Gasteiger partial charge is 0.489 e. The summed E-state index contributed by atoms with van der Waals surface area (Å²) in [7, 11) is 0. The first kappa shape index (κ1) is 24.1. The summed E-state index contributed by atoms with van der Waals surface area (Å²) >= 11 is 0. The minimum absolute atomic E-state index is 0.0151. The van der Waals surface area contributed by atoms with Crippen LogP contribution < -0.4 is 20.1 Å². The average molecular weight is 464 g/mol. The van der Waals surface area contributed by atoms with Crippen LogP contribution in [0.5, 0.6) is 11.5 Å². The minimum atomic E-state index is -0.487. The van der Waals surface area contributed by atoms with Gasteiger partial charge < -0.3 is 39.6 Å². The number of likely N-dealkylation sites (tertiary alicyclic amines) is 1. The van der Waals surface area contributed by atoms with Gasteiger partial charge in [-0.3, -0.25) is 4.79 Å². The number of piperidine rings is 1. The van der Waals surface area contributed by atoms with E-state index < -0.39 is 6.10 Å². The Kier molecular flexibility index (Phi) is 8.66. The summed E-state index contributed by atoms with van der Waals surface area (Å²) in [6.45, 7) is 8.04. The molecule has 0 unspecified atom stereocenters. The number of fused-ring (bicyclic) bond motifs is 1. The highest BCUT2D eigenvalue weighted by Crippen LogP contribution is 2.36. The number of ether oxygens (including phenoxy) is 4. The molecule has 3 aliphatic rings. The lowest BCUT2D eigenvalue weighted by Gasteiger charge is -2.36. The zero-order valence-corrected chi connectivity index (χ0v) is 19.5. The van der Waals surface area contributed by atoms with Crippen LogP contribution in [0.3, 0.4) is 0 Å². The maximum atomic E-state index is 13.1. The van der Waals surface area contributed by atoms with Crippen molar-refractivity contribution < 1.29 is 28.8 Å². The predicted molar refractivity (Wildman–Crippen MR) is 124 cm³/mol. The molecule has 3 heterocycles. The smallest absolute Gasteiger partial charge is 0.255 e. The highest BCUT2D eigenvalue weighted by Gasteiger charge is 2.29. The molecule has 33 heavy (non-hydrogen) atoms. The van der Waals surface area contributed by atoms with E-state index in [2.05, 4.69) is 22.5 Å². The van der Waals surface area contributed by atoms with Crippen molar-refractivity contribution in [2.24, 2.45) is 5.92 Å². The Hall–Kier alpha value is -2.07. The van der Waals surface area contributed by atoms with Gasteiger partial charge in [-0.25, -0.2) is 0 Å². The Balaban J connectivity index is 1.32. The van der Waals surface area contributed by atoms with E-state index in [-0.39, 0.29) is 18.1 Å². The topological polar surface area (TPSA) is 102 Å². The van der Waals surface area contributed by atoms with Gasteiger partial charge in [0, 0.05) is 56.7 Å². The zero-order chi connectivity index (χ0) is 23.0. The van der Waals surface area contributed by atoms with E-state index in [0.29, 0.717) is 56.6 Å². The van der Waals surface area contributed by atoms with Crippen molar-refractivity contribution in [1.29, 1.82) is 0 Å². The van der Waals surface area contributed by atoms with Crippen molar-refractivity contribution in [3.05, 3.63) is 17.7 Å². The highest BCUT2D eigenvalue weighted by atomic mass is 16.7. The molecule has 3 N–H and O–H groups in total. The van der Waals surface area contributed by atoms with Gasteiger partial charge in [-0.15, -0.1) is 0 Å². The first-order valence-corrected chi connectivity index (χ1v) is 12.2. The SMILES string of the molecule is CCCNc1cc2c(c(C(=O)NC[C@@H]3CCN(CCC4OCCO4)C[C@H]3O)c1)OCCCO2. The quantitative estimate of drug-likeness (QED) is 0.510. The highest BCUT2D eigenvalue weighted by molar-refractivity contribution is 5.99. The molecule has 0 aliphatic carbocycles. The van der Waals surface area contributed by atoms with Crippen molar-refractivity contribution in [3.8, 4) is 11.5 Å². The summed E-state index contributed by atoms with van der Waals surface area (Å²) in [6, 6.07) is 3.72. The Bertz CT molecular complexity index is 786. The second-order valence-electron chi connectivity index (χ2n) is 8.91. The number of hydrogen-bond donors (Lipinski definition) is 3. The van der Waals surface area contributed by atoms with Gasteiger partial charge in [-0.1, -0.05) is 6.92 Å². The monoisotopic (exact) mass is 463 g/mol. The standard InChI is InChI=1S/C24H37N3O6/c1-2-6-25-18-13-19(23-21(14-18)30-9-3-10-33-23)24(29)26-15-17-4-7-27(16-20(17)28)8-5-22-31-11-12-32-22/h13-14,17,20,22,25,28H,2-12,15-16H2,1H3,(H,26,29)/t17-,20+/m0/s1. The van der Waals surface area contributed by atoms with Crippen LogP contribution in [0.15, 0.2) is 12.1 Å². The fourth-order valence-electron chi connectivity index (χ4n) is 4.48. The first-order valence-electron chi connectivity index (χ1n) is 12.2. The van der Waals surface area contributed by atoms with E-state index in [9.17, 15) is 9.90 Å². The molecule has 0 radical (unpaired) electrons. The number of anilines is 1. The van der Waals surface area contributed by atoms with Crippen LogP contribution in [0, 0.1) is 5.92 Å². The predicted octanol–water partition coefficient (Wildman–Crippen LogP) is 1.85. The third-order valence-electron chi connectivity index (χ3n) is 6.37. The molecule has 9 nitrogen and oxygen atoms in total. The number of carbonyl (C=O) groups is 1. The molecular weight excluding hydrogens is 426 g/mol. The number of nitrogens with zero attached hydrogens (tertiary/aromatic N) is 1. The second kappa shape index (κ2) is 11.9. The lowest BCUT2D eigenvalue weighted by molar-refractivity contribution is -0.0576. The van der Waals surface area contributed by atoms with Crippen LogP contribution in [0.1, 0.15) is 43.0 Å². The fourth-order valence-corrected chi connectivity index (χ4v) is 4.48. The van der Waals surface area contributed by atoms with Gasteiger partial charge in [0.2, 0.25) is 0 Å². The molecule has 1 amide bonds. The Morgan fingerprint density at radius 3 is 2.79 bits per heavy atom. The molecule has 1 aromatic rings. The summed E-state index contributed by atoms with van der Waals surface area (Å²) in [5.74, 6) is 0.907. The van der Waals surface area contributed by atoms with Gasteiger partial charge in [0.25, 0.3) is 5.91 Å². The summed E-state index contributed by atoms with van der Waals surface area (Å²) in [5.41, 5.74) is 1.31. The first-order chi connectivity index (χ1) is 16.1. The van der Waals surface area contributed by atoms with E-state index >= 15 is 0 Å². The Labute approximate surface area is 195 Å². The van der Waals surface area contributed by atoms with Crippen LogP contribution >= 0.6 is 0 Å². The van der Waals surface area contributed by atoms with Gasteiger partial charge >= 0.3 is 0 Å². The minimum Gasteiger partial charge on any atom is -0.489 e. The summed E-state index contributed by atoms with van der Waals surface area (Å²) < 4.78 is 22.7. The van der Waals surface area contributed by atoms with Crippen LogP contribution in [-0.2, 0) is 9.47 Å². The molecule has 2 saturated heterocycles. The van der Waals surface area contributed by atoms with E-state index in [0.717, 1.165) is 51.0 Å². The van der Waals surface area contributed by atoms with Crippen molar-refractivity contribution in [2.75, 3.05) is 64.5 Å². The Morgan fingerprint density at radius 1 is 1.18 bits per heavy atom. The Morgan fingerprint density at radius 2 is 2.00 bits per heavy atom. The van der Waals surface area contributed by atoms with Gasteiger partial charge in [0.05, 0.1) is 38.1 Å². The van der Waals surface area contributed by atoms with E-state index in [1.54, 1.807) is 0 Å². The number of aliphatic hydroxyl groups excluding tert-OH is 1. The number of hydrogen-bond acceptors (Lipinski definition) is 8. The number of aliphatic hydroxyl groups is 1. The number of nitrogens with one attached hydrogen (secondary N) is 2. The van der Waals surface area contributed by atoms with Crippen molar-refractivity contribution in [3.63, 3.8) is 0 Å². The molecule has 4 rings (SSSR count). The van der Waals surface area contributed by atoms with E-state index in [1.165, 1.54) is 0 Å². The number of amides is 1.